The van der Waals surface area contributed by atoms with Gasteiger partial charge < -0.3 is 10.6 Å². The maximum atomic E-state index is 12.5. The lowest BCUT2D eigenvalue weighted by Crippen LogP contribution is -2.22. The SMILES string of the molecule is CCCCc1ccn(-c2ccc(N[C@H]3CC[C@H](Nc4ncc(SC)cn4)C3)nc2)c(=O)c1. The zero-order valence-corrected chi connectivity index (χ0v) is 19.4. The monoisotopic (exact) mass is 450 g/mol. The summed E-state index contributed by atoms with van der Waals surface area (Å²) < 4.78 is 1.64. The van der Waals surface area contributed by atoms with E-state index in [-0.39, 0.29) is 5.56 Å². The van der Waals surface area contributed by atoms with Crippen molar-refractivity contribution < 1.29 is 0 Å². The van der Waals surface area contributed by atoms with Gasteiger partial charge >= 0.3 is 0 Å². The fourth-order valence-electron chi connectivity index (χ4n) is 4.02. The van der Waals surface area contributed by atoms with E-state index in [1.807, 2.05) is 43.0 Å². The molecule has 0 bridgehead atoms. The minimum Gasteiger partial charge on any atom is -0.367 e. The number of unbranched alkanes of at least 4 members (excludes halogenated alkanes) is 1. The van der Waals surface area contributed by atoms with Crippen LogP contribution in [0.25, 0.3) is 5.69 Å². The molecule has 4 rings (SSSR count). The van der Waals surface area contributed by atoms with Gasteiger partial charge in [-0.05, 0) is 62.1 Å². The number of nitrogens with one attached hydrogen (secondary N) is 2. The molecule has 32 heavy (non-hydrogen) atoms. The largest absolute Gasteiger partial charge is 0.367 e. The molecule has 0 unspecified atom stereocenters. The summed E-state index contributed by atoms with van der Waals surface area (Å²) in [7, 11) is 0. The Morgan fingerprint density at radius 3 is 2.50 bits per heavy atom. The molecule has 8 heteroatoms. The third-order valence-corrected chi connectivity index (χ3v) is 6.49. The standard InChI is InChI=1S/C24H30N6OS/c1-3-4-5-17-10-11-30(23(31)12-17)20-8-9-22(25-14-20)28-18-6-7-19(13-18)29-24-26-15-21(32-2)16-27-24/h8-12,14-16,18-19H,3-7,13H2,1-2H3,(H,25,28)(H,26,27,29)/t18-,19-/m0/s1. The summed E-state index contributed by atoms with van der Waals surface area (Å²) in [4.78, 5) is 26.9. The number of hydrogen-bond donors (Lipinski definition) is 2. The Kier molecular flexibility index (Phi) is 7.42. The van der Waals surface area contributed by atoms with Crippen molar-refractivity contribution in [1.82, 2.24) is 19.5 Å². The van der Waals surface area contributed by atoms with Crippen LogP contribution >= 0.6 is 11.8 Å². The van der Waals surface area contributed by atoms with Gasteiger partial charge in [0.2, 0.25) is 5.95 Å². The van der Waals surface area contributed by atoms with E-state index in [9.17, 15) is 4.79 Å². The Morgan fingerprint density at radius 2 is 1.84 bits per heavy atom. The van der Waals surface area contributed by atoms with Crippen LogP contribution in [-0.2, 0) is 6.42 Å². The highest BCUT2D eigenvalue weighted by Crippen LogP contribution is 2.25. The van der Waals surface area contributed by atoms with Gasteiger partial charge in [-0.3, -0.25) is 9.36 Å². The van der Waals surface area contributed by atoms with Crippen LogP contribution in [0, 0.1) is 0 Å². The normalized spacial score (nSPS) is 17.9. The molecule has 3 aromatic rings. The number of nitrogens with zero attached hydrogens (tertiary/aromatic N) is 4. The van der Waals surface area contributed by atoms with Crippen LogP contribution in [0.15, 0.2) is 58.7 Å². The first-order valence-electron chi connectivity index (χ1n) is 11.2. The second-order valence-corrected chi connectivity index (χ2v) is 9.07. The van der Waals surface area contributed by atoms with Crippen LogP contribution in [0.5, 0.6) is 0 Å². The molecule has 0 saturated heterocycles. The van der Waals surface area contributed by atoms with Crippen molar-refractivity contribution in [2.24, 2.45) is 0 Å². The third kappa shape index (κ3) is 5.68. The Hall–Kier alpha value is -2.87. The van der Waals surface area contributed by atoms with Gasteiger partial charge in [0.15, 0.2) is 0 Å². The van der Waals surface area contributed by atoms with Crippen molar-refractivity contribution in [3.8, 4) is 5.69 Å². The Bertz CT molecular complexity index is 1070. The van der Waals surface area contributed by atoms with Gasteiger partial charge in [0, 0.05) is 41.6 Å². The summed E-state index contributed by atoms with van der Waals surface area (Å²) >= 11 is 1.64. The molecule has 168 valence electrons. The molecule has 0 spiro atoms. The smallest absolute Gasteiger partial charge is 0.255 e. The molecule has 0 radical (unpaired) electrons. The van der Waals surface area contributed by atoms with Crippen molar-refractivity contribution in [3.63, 3.8) is 0 Å². The maximum absolute atomic E-state index is 12.5. The first kappa shape index (κ1) is 22.3. The number of hydrogen-bond acceptors (Lipinski definition) is 7. The molecule has 1 saturated carbocycles. The molecule has 0 aromatic carbocycles. The van der Waals surface area contributed by atoms with Crippen molar-refractivity contribution >= 4 is 23.5 Å². The summed E-state index contributed by atoms with van der Waals surface area (Å²) in [5.74, 6) is 1.51. The van der Waals surface area contributed by atoms with E-state index in [0.717, 1.165) is 60.5 Å². The van der Waals surface area contributed by atoms with Gasteiger partial charge in [-0.15, -0.1) is 11.8 Å². The molecule has 3 heterocycles. The number of pyridine rings is 2. The highest BCUT2D eigenvalue weighted by molar-refractivity contribution is 7.98. The van der Waals surface area contributed by atoms with Crippen LogP contribution in [-0.4, -0.2) is 37.9 Å². The van der Waals surface area contributed by atoms with E-state index in [1.165, 1.54) is 0 Å². The van der Waals surface area contributed by atoms with Crippen LogP contribution in [0.4, 0.5) is 11.8 Å². The predicted octanol–water partition coefficient (Wildman–Crippen LogP) is 4.53. The van der Waals surface area contributed by atoms with E-state index in [0.29, 0.717) is 18.0 Å². The zero-order chi connectivity index (χ0) is 22.3. The molecule has 1 fully saturated rings. The van der Waals surface area contributed by atoms with Crippen LogP contribution in [0.2, 0.25) is 0 Å². The van der Waals surface area contributed by atoms with Crippen LogP contribution in [0.3, 0.4) is 0 Å². The topological polar surface area (TPSA) is 84.7 Å². The maximum Gasteiger partial charge on any atom is 0.255 e. The molecule has 2 atom stereocenters. The average molecular weight is 451 g/mol. The molecular formula is C24H30N6OS. The highest BCUT2D eigenvalue weighted by atomic mass is 32.2. The van der Waals surface area contributed by atoms with Gasteiger partial charge in [0.1, 0.15) is 5.82 Å². The highest BCUT2D eigenvalue weighted by Gasteiger charge is 2.25. The first-order valence-corrected chi connectivity index (χ1v) is 12.4. The number of thioether (sulfide) groups is 1. The van der Waals surface area contributed by atoms with E-state index in [1.54, 1.807) is 28.6 Å². The van der Waals surface area contributed by atoms with E-state index in [4.69, 9.17) is 0 Å². The lowest BCUT2D eigenvalue weighted by molar-refractivity contribution is 0.716. The van der Waals surface area contributed by atoms with Crippen LogP contribution in [0.1, 0.15) is 44.6 Å². The summed E-state index contributed by atoms with van der Waals surface area (Å²) in [5.41, 5.74) is 1.85. The fourth-order valence-corrected chi connectivity index (χ4v) is 4.33. The molecule has 3 aromatic heterocycles. The van der Waals surface area contributed by atoms with Gasteiger partial charge in [0.05, 0.1) is 11.9 Å². The number of rotatable bonds is 9. The van der Waals surface area contributed by atoms with Crippen molar-refractivity contribution in [2.75, 3.05) is 16.9 Å². The van der Waals surface area contributed by atoms with E-state index >= 15 is 0 Å². The van der Waals surface area contributed by atoms with Crippen molar-refractivity contribution in [2.45, 2.75) is 62.4 Å². The molecule has 2 N–H and O–H groups in total. The summed E-state index contributed by atoms with van der Waals surface area (Å²) in [5, 5.41) is 6.95. The summed E-state index contributed by atoms with van der Waals surface area (Å²) in [6.07, 6.45) is 15.6. The van der Waals surface area contributed by atoms with Gasteiger partial charge in [-0.1, -0.05) is 13.3 Å². The average Bonchev–Trinajstić information content (AvgIpc) is 3.25. The minimum atomic E-state index is -0.0152. The van der Waals surface area contributed by atoms with Gasteiger partial charge in [-0.2, -0.15) is 0 Å². The Morgan fingerprint density at radius 1 is 1.06 bits per heavy atom. The fraction of sp³-hybridized carbons (Fsp3) is 0.417. The quantitative estimate of drug-likeness (QED) is 0.463. The second-order valence-electron chi connectivity index (χ2n) is 8.19. The lowest BCUT2D eigenvalue weighted by Gasteiger charge is -2.15. The van der Waals surface area contributed by atoms with Crippen molar-refractivity contribution in [3.05, 3.63) is 65.0 Å². The molecule has 7 nitrogen and oxygen atoms in total. The molecule has 0 amide bonds. The Labute approximate surface area is 193 Å². The molecular weight excluding hydrogens is 420 g/mol. The summed E-state index contributed by atoms with van der Waals surface area (Å²) in [6, 6.07) is 8.32. The zero-order valence-electron chi connectivity index (χ0n) is 18.6. The number of aryl methyl sites for hydroxylation is 1. The van der Waals surface area contributed by atoms with Crippen molar-refractivity contribution in [1.29, 1.82) is 0 Å². The lowest BCUT2D eigenvalue weighted by atomic mass is 10.1. The minimum absolute atomic E-state index is 0.0152. The predicted molar refractivity (Wildman–Crippen MR) is 131 cm³/mol. The van der Waals surface area contributed by atoms with Crippen LogP contribution < -0.4 is 16.2 Å². The first-order chi connectivity index (χ1) is 15.6. The molecule has 1 aliphatic carbocycles. The number of anilines is 2. The Balaban J connectivity index is 1.32. The molecule has 0 aliphatic heterocycles. The van der Waals surface area contributed by atoms with E-state index < -0.39 is 0 Å². The molecule has 1 aliphatic rings. The summed E-state index contributed by atoms with van der Waals surface area (Å²) in [6.45, 7) is 2.16. The number of aromatic nitrogens is 4. The van der Waals surface area contributed by atoms with Gasteiger partial charge in [0.25, 0.3) is 5.56 Å². The second kappa shape index (κ2) is 10.6. The third-order valence-electron chi connectivity index (χ3n) is 5.81. The van der Waals surface area contributed by atoms with Gasteiger partial charge in [-0.25, -0.2) is 15.0 Å². The van der Waals surface area contributed by atoms with E-state index in [2.05, 4.69) is 32.5 Å².